The molecule has 4 aromatic carbocycles. The van der Waals surface area contributed by atoms with E-state index in [1.807, 2.05) is 83.1 Å². The number of carbonyl (C=O) groups is 4. The van der Waals surface area contributed by atoms with E-state index in [9.17, 15) is 101 Å². The zero-order valence-electron chi connectivity index (χ0n) is 57.6. The zero-order valence-corrected chi connectivity index (χ0v) is 60.7. The molecule has 3 heterocycles. The van der Waals surface area contributed by atoms with Crippen LogP contribution in [0.4, 0.5) is 45.5 Å². The molecule has 3 aliphatic rings. The first-order valence-electron chi connectivity index (χ1n) is 30.3. The van der Waals surface area contributed by atoms with Gasteiger partial charge in [0.2, 0.25) is 14.5 Å². The summed E-state index contributed by atoms with van der Waals surface area (Å²) >= 11 is 5.10. The molecule has 7 rings (SSSR count). The molecule has 101 heavy (non-hydrogen) atoms. The van der Waals surface area contributed by atoms with Gasteiger partial charge in [0, 0.05) is 133 Å². The van der Waals surface area contributed by atoms with Crippen LogP contribution in [0.1, 0.15) is 151 Å². The Labute approximate surface area is 596 Å². The first kappa shape index (κ1) is 90.7. The number of esters is 2. The van der Waals surface area contributed by atoms with Gasteiger partial charge in [0.15, 0.2) is 0 Å². The molecule has 0 bridgehead atoms. The molecule has 0 radical (unpaired) electrons. The number of ether oxygens (including phenoxy) is 2. The van der Waals surface area contributed by atoms with Crippen LogP contribution in [0.15, 0.2) is 72.8 Å². The number of carboxylic acids is 1. The minimum atomic E-state index is -1.67. The summed E-state index contributed by atoms with van der Waals surface area (Å²) in [6.07, 6.45) is 1.12. The summed E-state index contributed by atoms with van der Waals surface area (Å²) in [5, 5.41) is 123. The molecular weight excluding hydrogens is 1430 g/mol. The van der Waals surface area contributed by atoms with Crippen molar-refractivity contribution in [2.24, 2.45) is 0 Å². The van der Waals surface area contributed by atoms with Gasteiger partial charge in [0.25, 0.3) is 34.1 Å². The molecule has 3 fully saturated rings. The number of nitrogens with two attached hydrogens (primary N) is 2. The number of benzene rings is 4. The zero-order chi connectivity index (χ0) is 78.4. The van der Waals surface area contributed by atoms with E-state index in [0.29, 0.717) is 55.5 Å². The number of anilines is 2. The number of hydrogen-bond acceptors (Lipinski definition) is 29. The molecule has 36 nitrogen and oxygen atoms in total. The van der Waals surface area contributed by atoms with Gasteiger partial charge in [-0.1, -0.05) is 6.07 Å². The highest BCUT2D eigenvalue weighted by Gasteiger charge is 2.48. The molecular formula is C61H86Cl3N11O25S. The van der Waals surface area contributed by atoms with Gasteiger partial charge in [-0.3, -0.25) is 79.9 Å². The Kier molecular flexibility index (Phi) is 34.7. The lowest BCUT2D eigenvalue weighted by Crippen LogP contribution is -2.60. The van der Waals surface area contributed by atoms with Crippen LogP contribution in [0.2, 0.25) is 0 Å². The molecule has 0 spiro atoms. The Morgan fingerprint density at radius 3 is 1.01 bits per heavy atom. The summed E-state index contributed by atoms with van der Waals surface area (Å²) in [6.45, 7) is 24.8. The second kappa shape index (κ2) is 38.6. The third kappa shape index (κ3) is 29.6. The number of nitro benzene ring substituents is 6. The molecule has 0 aromatic heterocycles. The topological polar surface area (TPSA) is 546 Å². The molecule has 3 aliphatic heterocycles. The Bertz CT molecular complexity index is 3510. The van der Waals surface area contributed by atoms with Crippen LogP contribution in [0.5, 0.6) is 0 Å². The highest BCUT2D eigenvalue weighted by molar-refractivity contribution is 8.26. The van der Waals surface area contributed by atoms with E-state index in [4.69, 9.17) is 47.0 Å². The van der Waals surface area contributed by atoms with Crippen LogP contribution < -0.4 is 11.5 Å². The van der Waals surface area contributed by atoms with Crippen LogP contribution in [-0.2, 0) is 63.6 Å². The second-order valence-electron chi connectivity index (χ2n) is 26.8. The maximum absolute atomic E-state index is 12.3. The lowest BCUT2D eigenvalue weighted by Gasteiger charge is -2.50. The number of nitro groups is 6. The molecule has 0 saturated carbocycles. The van der Waals surface area contributed by atoms with Crippen molar-refractivity contribution in [3.05, 3.63) is 156 Å². The molecule has 0 aliphatic carbocycles. The van der Waals surface area contributed by atoms with Crippen molar-refractivity contribution >= 4 is 111 Å². The number of aliphatic hydroxyl groups excluding tert-OH is 2. The monoisotopic (exact) mass is 1510 g/mol. The number of carbonyl (C=O) groups excluding carboxylic acids is 3. The number of nitrogen functional groups attached to an aromatic ring is 2. The number of carboxylic acid groups (broad SMARTS) is 1. The number of nitrogens with zero attached hydrogens (tertiary/aromatic N) is 9. The predicted octanol–water partition coefficient (Wildman–Crippen LogP) is 10.7. The van der Waals surface area contributed by atoms with E-state index in [2.05, 4.69) is 21.4 Å². The van der Waals surface area contributed by atoms with Crippen LogP contribution >= 0.6 is 33.0 Å². The van der Waals surface area contributed by atoms with Gasteiger partial charge in [-0.05, 0) is 150 Å². The SMILES string of the molecule is CC1(C)CC(O)CC(C)(C)N1O.CC1(C)CC(OC(=O)Cc2ccc(N)cc2N)CC(C)(C)N1O.CC1(C)CC(OC(=O)Cc2ccc([N+](=O)[O-])cc2[N+](=O)[O-])CC(C)(C)N1O.CCO.O=C(Cl)Cc1ccc([N+](=O)[O-])cc1[N+](=O)[O-].O=C(O)Cc1ccc([N+](=O)[O-])cc1[N+](=O)[O-].O=S(Cl)Cl. The lowest BCUT2D eigenvalue weighted by atomic mass is 9.80. The maximum atomic E-state index is 12.3. The first-order valence-corrected chi connectivity index (χ1v) is 33.4. The number of piperidine rings is 3. The Morgan fingerprint density at radius 1 is 0.495 bits per heavy atom. The normalized spacial score (nSPS) is 17.2. The van der Waals surface area contributed by atoms with Crippen LogP contribution in [-0.4, -0.2) is 161 Å². The summed E-state index contributed by atoms with van der Waals surface area (Å²) in [4.78, 5) is 105. The molecule has 0 unspecified atom stereocenters. The lowest BCUT2D eigenvalue weighted by molar-refractivity contribution is -0.394. The van der Waals surface area contributed by atoms with Gasteiger partial charge in [-0.2, -0.15) is 15.2 Å². The number of aliphatic carboxylic acids is 1. The van der Waals surface area contributed by atoms with Crippen molar-refractivity contribution in [3.8, 4) is 0 Å². The highest BCUT2D eigenvalue weighted by Crippen LogP contribution is 2.41. The van der Waals surface area contributed by atoms with Crippen molar-refractivity contribution in [1.82, 2.24) is 15.2 Å². The van der Waals surface area contributed by atoms with Crippen molar-refractivity contribution in [2.45, 2.75) is 206 Å². The third-order valence-electron chi connectivity index (χ3n) is 15.4. The van der Waals surface area contributed by atoms with Crippen molar-refractivity contribution < 1.29 is 93.3 Å². The van der Waals surface area contributed by atoms with Crippen molar-refractivity contribution in [2.75, 3.05) is 18.1 Å². The van der Waals surface area contributed by atoms with Gasteiger partial charge in [0.05, 0.1) is 79.5 Å². The van der Waals surface area contributed by atoms with Crippen molar-refractivity contribution in [1.29, 1.82) is 0 Å². The van der Waals surface area contributed by atoms with E-state index in [0.717, 1.165) is 48.5 Å². The van der Waals surface area contributed by atoms with E-state index < -0.39 is 125 Å². The average molecular weight is 1510 g/mol. The minimum Gasteiger partial charge on any atom is -0.481 e. The number of hydroxylamine groups is 6. The summed E-state index contributed by atoms with van der Waals surface area (Å²) < 4.78 is 20.2. The minimum absolute atomic E-state index is 0.0497. The maximum Gasteiger partial charge on any atom is 0.310 e. The van der Waals surface area contributed by atoms with Crippen LogP contribution in [0.3, 0.4) is 0 Å². The molecule has 0 atom stereocenters. The number of non-ortho nitro benzene ring substituents is 3. The number of halogens is 3. The fourth-order valence-electron chi connectivity index (χ4n) is 11.6. The van der Waals surface area contributed by atoms with E-state index in [1.54, 1.807) is 25.1 Å². The van der Waals surface area contributed by atoms with Gasteiger partial charge in [-0.15, -0.1) is 0 Å². The summed E-state index contributed by atoms with van der Waals surface area (Å²) in [5.41, 5.74) is 7.79. The smallest absolute Gasteiger partial charge is 0.310 e. The molecule has 4 aromatic rings. The molecule has 10 N–H and O–H groups in total. The third-order valence-corrected chi connectivity index (χ3v) is 15.5. The van der Waals surface area contributed by atoms with Crippen LogP contribution in [0, 0.1) is 60.7 Å². The first-order chi connectivity index (χ1) is 46.1. The largest absolute Gasteiger partial charge is 0.481 e. The molecule has 562 valence electrons. The van der Waals surface area contributed by atoms with E-state index in [1.165, 1.54) is 21.3 Å². The molecule has 0 amide bonds. The van der Waals surface area contributed by atoms with E-state index >= 15 is 0 Å². The van der Waals surface area contributed by atoms with E-state index in [-0.39, 0.29) is 71.8 Å². The Hall–Kier alpha value is -8.34. The fourth-order valence-corrected chi connectivity index (χ4v) is 11.7. The number of hydrogen-bond donors (Lipinski definition) is 8. The Balaban J connectivity index is 0.000000631. The second-order valence-corrected chi connectivity index (χ2v) is 29.8. The number of rotatable bonds is 16. The molecule has 40 heteroatoms. The average Bonchev–Trinajstić information content (AvgIpc) is 0.794. The van der Waals surface area contributed by atoms with Gasteiger partial charge >= 0.3 is 17.9 Å². The quantitative estimate of drug-likeness (QED) is 0.0170. The fraction of sp³-hybridized carbons (Fsp3) is 0.541. The summed E-state index contributed by atoms with van der Waals surface area (Å²) in [6, 6.07) is 14.1. The molecule has 3 saturated heterocycles. The summed E-state index contributed by atoms with van der Waals surface area (Å²) in [7, 11) is 7.36. The predicted molar refractivity (Wildman–Crippen MR) is 369 cm³/mol. The summed E-state index contributed by atoms with van der Waals surface area (Å²) in [5.74, 6) is -2.21. The van der Waals surface area contributed by atoms with Gasteiger partial charge < -0.3 is 51.9 Å². The Morgan fingerprint density at radius 2 is 0.752 bits per heavy atom. The van der Waals surface area contributed by atoms with Crippen LogP contribution in [0.25, 0.3) is 0 Å². The van der Waals surface area contributed by atoms with Gasteiger partial charge in [-0.25, -0.2) is 4.21 Å². The van der Waals surface area contributed by atoms with Crippen molar-refractivity contribution in [3.63, 3.8) is 0 Å². The number of aliphatic hydroxyl groups is 2. The standard InChI is InChI=1S/C17H23N3O7.C17H27N3O3.C9H19NO2.C8H5ClN2O5.C8H6N2O6.C2H6O.Cl2OS/c1-16(2)9-13(10-17(3,4)20(16)26)27-15(21)7-11-5-6-12(18(22)23)8-14(11)19(24)25;1-16(2)9-13(10-17(3,4)20(16)22)23-15(21)7-11-5-6-12(18)8-14(11)19;1-8(2)5-7(11)6-9(3,4)10(8)12;9-8(12)3-5-1-2-6(10(13)14)4-7(5)11(15)16;11-8(12)3-5-1-2-6(9(13)14)4-7(5)10(15)16;1-2-3;1-4(2)3/h5-6,8,13,26H,7,9-10H2,1-4H3;5-6,8,13,22H,7,9-10,18-19H2,1-4H3;7,11-12H,5-6H2,1-4H3;1-2,4H,3H2;1-2,4H,3H2,(H,11,12);3H,2H2,1H3;. The highest BCUT2D eigenvalue weighted by atomic mass is 36.0. The van der Waals surface area contributed by atoms with Gasteiger partial charge in [0.1, 0.15) is 12.2 Å².